The van der Waals surface area contributed by atoms with Crippen molar-refractivity contribution in [2.45, 2.75) is 56.6 Å². The summed E-state index contributed by atoms with van der Waals surface area (Å²) < 4.78 is 10.6. The Balaban J connectivity index is 1.84. The zero-order valence-corrected chi connectivity index (χ0v) is 18.0. The first kappa shape index (κ1) is 23.9. The van der Waals surface area contributed by atoms with Crippen LogP contribution in [0.1, 0.15) is 38.2 Å². The second-order valence-corrected chi connectivity index (χ2v) is 8.53. The Hall–Kier alpha value is -2.33. The maximum absolute atomic E-state index is 12.5. The highest BCUT2D eigenvalue weighted by Crippen LogP contribution is 2.29. The van der Waals surface area contributed by atoms with Gasteiger partial charge in [0.2, 0.25) is 0 Å². The first-order valence-corrected chi connectivity index (χ1v) is 10.9. The van der Waals surface area contributed by atoms with Crippen molar-refractivity contribution < 1.29 is 29.1 Å². The number of thioether (sulfide) groups is 1. The summed E-state index contributed by atoms with van der Waals surface area (Å²) in [6, 6.07) is 4.77. The monoisotopic (exact) mass is 440 g/mol. The van der Waals surface area contributed by atoms with Gasteiger partial charge in [0, 0.05) is 31.0 Å². The van der Waals surface area contributed by atoms with Crippen LogP contribution in [0.25, 0.3) is 0 Å². The third kappa shape index (κ3) is 6.88. The van der Waals surface area contributed by atoms with E-state index in [4.69, 9.17) is 9.47 Å². The molecule has 166 valence electrons. The highest BCUT2D eigenvalue weighted by Gasteiger charge is 2.40. The number of hydrogen-bond donors (Lipinski definition) is 1. The van der Waals surface area contributed by atoms with Crippen molar-refractivity contribution in [1.82, 2.24) is 4.90 Å². The summed E-state index contributed by atoms with van der Waals surface area (Å²) in [4.78, 5) is 35.5. The van der Waals surface area contributed by atoms with E-state index in [0.29, 0.717) is 18.5 Å². The van der Waals surface area contributed by atoms with E-state index in [1.54, 1.807) is 18.9 Å². The third-order valence-electron chi connectivity index (χ3n) is 5.10. The number of benzene rings is 1. The molecule has 0 bridgehead atoms. The molecule has 10 heteroatoms. The molecule has 0 radical (unpaired) electrons. The molecule has 1 aliphatic rings. The molecule has 1 fully saturated rings. The lowest BCUT2D eigenvalue weighted by atomic mass is 10.2. The number of carboxylic acids is 1. The van der Waals surface area contributed by atoms with Crippen molar-refractivity contribution >= 4 is 29.5 Å². The minimum atomic E-state index is -1.05. The Kier molecular flexibility index (Phi) is 9.38. The Morgan fingerprint density at radius 1 is 1.37 bits per heavy atom. The number of hydrogen-bond acceptors (Lipinski definition) is 7. The fourth-order valence-electron chi connectivity index (χ4n) is 3.35. The lowest BCUT2D eigenvalue weighted by molar-refractivity contribution is -0.384. The van der Waals surface area contributed by atoms with Gasteiger partial charge in [-0.25, -0.2) is 9.59 Å². The summed E-state index contributed by atoms with van der Waals surface area (Å²) in [5.74, 6) is -0.168. The van der Waals surface area contributed by atoms with Crippen LogP contribution in [0.5, 0.6) is 0 Å². The number of ether oxygens (including phenoxy) is 2. The smallest absolute Gasteiger partial charge is 0.410 e. The van der Waals surface area contributed by atoms with Crippen LogP contribution >= 0.6 is 11.8 Å². The first-order chi connectivity index (χ1) is 14.3. The molecule has 1 N–H and O–H groups in total. The number of carboxylic acid groups (broad SMARTS) is 1. The summed E-state index contributed by atoms with van der Waals surface area (Å²) in [6.45, 7) is 2.32. The van der Waals surface area contributed by atoms with Crippen molar-refractivity contribution in [2.24, 2.45) is 0 Å². The maximum Gasteiger partial charge on any atom is 0.410 e. The van der Waals surface area contributed by atoms with Crippen molar-refractivity contribution in [3.63, 3.8) is 0 Å². The molecule has 0 aliphatic carbocycles. The standard InChI is InChI=1S/C20H28N2O7S/c1-3-16(28-2)5-4-10-30-17-11-18(19(23)24)21(12-17)20(25)29-13-14-6-8-15(9-7-14)22(26)27/h6-9,16-18H,3-5,10-13H2,1-2H3,(H,23,24)/t16?,17-,18-/m0/s1. The van der Waals surface area contributed by atoms with Crippen molar-refractivity contribution in [2.75, 3.05) is 19.4 Å². The number of nitrogens with zero attached hydrogens (tertiary/aromatic N) is 2. The average Bonchev–Trinajstić information content (AvgIpc) is 3.17. The zero-order valence-electron chi connectivity index (χ0n) is 17.2. The SMILES string of the molecule is CCC(CCCS[C@H]1C[C@@H](C(=O)O)N(C(=O)OCc2ccc([N+](=O)[O-])cc2)C1)OC. The van der Waals surface area contributed by atoms with Crippen LogP contribution in [0.4, 0.5) is 10.5 Å². The van der Waals surface area contributed by atoms with Gasteiger partial charge in [0.05, 0.1) is 11.0 Å². The Morgan fingerprint density at radius 2 is 2.07 bits per heavy atom. The van der Waals surface area contributed by atoms with Gasteiger partial charge < -0.3 is 14.6 Å². The predicted molar refractivity (Wildman–Crippen MR) is 113 cm³/mol. The third-order valence-corrected chi connectivity index (χ3v) is 6.44. The van der Waals surface area contributed by atoms with Crippen LogP contribution in [0.3, 0.4) is 0 Å². The molecule has 1 aromatic carbocycles. The quantitative estimate of drug-likeness (QED) is 0.314. The molecule has 1 unspecified atom stereocenters. The van der Waals surface area contributed by atoms with Crippen LogP contribution < -0.4 is 0 Å². The van der Waals surface area contributed by atoms with E-state index in [0.717, 1.165) is 25.0 Å². The Bertz CT molecular complexity index is 724. The van der Waals surface area contributed by atoms with Crippen LogP contribution in [-0.4, -0.2) is 63.8 Å². The van der Waals surface area contributed by atoms with Crippen LogP contribution in [0, 0.1) is 10.1 Å². The lowest BCUT2D eigenvalue weighted by Crippen LogP contribution is -2.40. The van der Waals surface area contributed by atoms with Crippen LogP contribution in [0.2, 0.25) is 0 Å². The fraction of sp³-hybridized carbons (Fsp3) is 0.600. The summed E-state index contributed by atoms with van der Waals surface area (Å²) >= 11 is 1.68. The van der Waals surface area contributed by atoms with Gasteiger partial charge in [0.15, 0.2) is 0 Å². The van der Waals surface area contributed by atoms with E-state index >= 15 is 0 Å². The summed E-state index contributed by atoms with van der Waals surface area (Å²) in [5.41, 5.74) is 0.542. The number of likely N-dealkylation sites (tertiary alicyclic amines) is 1. The molecule has 0 saturated carbocycles. The van der Waals surface area contributed by atoms with Gasteiger partial charge in [-0.15, -0.1) is 0 Å². The van der Waals surface area contributed by atoms with Crippen LogP contribution in [0.15, 0.2) is 24.3 Å². The molecule has 1 amide bonds. The van der Waals surface area contributed by atoms with Crippen LogP contribution in [-0.2, 0) is 20.9 Å². The van der Waals surface area contributed by atoms with Gasteiger partial charge in [-0.3, -0.25) is 15.0 Å². The predicted octanol–water partition coefficient (Wildman–Crippen LogP) is 3.70. The summed E-state index contributed by atoms with van der Waals surface area (Å²) in [6.07, 6.45) is 2.82. The van der Waals surface area contributed by atoms with Gasteiger partial charge in [-0.2, -0.15) is 11.8 Å². The summed E-state index contributed by atoms with van der Waals surface area (Å²) in [5, 5.41) is 20.2. The van der Waals surface area contributed by atoms with Crippen molar-refractivity contribution in [1.29, 1.82) is 0 Å². The molecular weight excluding hydrogens is 412 g/mol. The molecule has 1 aromatic rings. The molecule has 30 heavy (non-hydrogen) atoms. The zero-order chi connectivity index (χ0) is 22.1. The van der Waals surface area contributed by atoms with E-state index in [9.17, 15) is 24.8 Å². The number of amides is 1. The molecular formula is C20H28N2O7S. The molecule has 9 nitrogen and oxygen atoms in total. The van der Waals surface area contributed by atoms with E-state index in [-0.39, 0.29) is 23.6 Å². The van der Waals surface area contributed by atoms with Gasteiger partial charge in [0.1, 0.15) is 12.6 Å². The first-order valence-electron chi connectivity index (χ1n) is 9.89. The topological polar surface area (TPSA) is 119 Å². The van der Waals surface area contributed by atoms with Gasteiger partial charge in [-0.05, 0) is 49.1 Å². The van der Waals surface area contributed by atoms with E-state index in [2.05, 4.69) is 6.92 Å². The number of carbonyl (C=O) groups is 2. The number of nitro groups is 1. The number of non-ortho nitro benzene ring substituents is 1. The highest BCUT2D eigenvalue weighted by molar-refractivity contribution is 7.99. The van der Waals surface area contributed by atoms with Crippen molar-refractivity contribution in [3.8, 4) is 0 Å². The minimum absolute atomic E-state index is 0.0423. The number of nitro benzene ring substituents is 1. The van der Waals surface area contributed by atoms with Gasteiger partial charge >= 0.3 is 12.1 Å². The number of methoxy groups -OCH3 is 1. The minimum Gasteiger partial charge on any atom is -0.480 e. The Labute approximate surface area is 179 Å². The highest BCUT2D eigenvalue weighted by atomic mass is 32.2. The normalized spacial score (nSPS) is 19.5. The molecule has 1 saturated heterocycles. The number of carbonyl (C=O) groups excluding carboxylic acids is 1. The van der Waals surface area contributed by atoms with E-state index in [1.165, 1.54) is 29.2 Å². The molecule has 1 heterocycles. The van der Waals surface area contributed by atoms with Crippen molar-refractivity contribution in [3.05, 3.63) is 39.9 Å². The Morgan fingerprint density at radius 3 is 2.63 bits per heavy atom. The van der Waals surface area contributed by atoms with E-state index in [1.807, 2.05) is 0 Å². The second kappa shape index (κ2) is 11.8. The summed E-state index contributed by atoms with van der Waals surface area (Å²) in [7, 11) is 1.70. The fourth-order valence-corrected chi connectivity index (χ4v) is 4.60. The lowest BCUT2D eigenvalue weighted by Gasteiger charge is -2.20. The second-order valence-electron chi connectivity index (χ2n) is 7.12. The maximum atomic E-state index is 12.5. The average molecular weight is 441 g/mol. The van der Waals surface area contributed by atoms with E-state index < -0.39 is 23.0 Å². The molecule has 3 atom stereocenters. The number of aliphatic carboxylic acids is 1. The number of rotatable bonds is 11. The molecule has 0 spiro atoms. The molecule has 1 aliphatic heterocycles. The largest absolute Gasteiger partial charge is 0.480 e. The van der Waals surface area contributed by atoms with Gasteiger partial charge in [0.25, 0.3) is 5.69 Å². The molecule has 0 aromatic heterocycles. The van der Waals surface area contributed by atoms with Gasteiger partial charge in [-0.1, -0.05) is 6.92 Å². The molecule has 2 rings (SSSR count).